The van der Waals surface area contributed by atoms with Crippen molar-refractivity contribution in [2.24, 2.45) is 0 Å². The number of carbonyl (C=O) groups is 1. The van der Waals surface area contributed by atoms with Crippen LogP contribution < -0.4 is 9.64 Å². The number of anilines is 1. The molecule has 0 saturated carbocycles. The lowest BCUT2D eigenvalue weighted by atomic mass is 10.1. The summed E-state index contributed by atoms with van der Waals surface area (Å²) in [5.41, 5.74) is 1.74. The van der Waals surface area contributed by atoms with Crippen molar-refractivity contribution in [3.63, 3.8) is 0 Å². The zero-order valence-corrected chi connectivity index (χ0v) is 18.8. The molecule has 0 aliphatic rings. The lowest BCUT2D eigenvalue weighted by molar-refractivity contribution is -0.132. The molecule has 8 heteroatoms. The van der Waals surface area contributed by atoms with Crippen molar-refractivity contribution >= 4 is 27.5 Å². The number of rotatable bonds is 7. The Morgan fingerprint density at radius 2 is 1.76 bits per heavy atom. The molecule has 3 aromatic carbocycles. The molecule has 0 aromatic heterocycles. The van der Waals surface area contributed by atoms with Crippen molar-refractivity contribution in [1.82, 2.24) is 0 Å². The molecule has 1 atom stereocenters. The number of aryl methyl sites for hydroxylation is 1. The Balaban J connectivity index is 1.80. The highest BCUT2D eigenvalue weighted by molar-refractivity contribution is 7.94. The van der Waals surface area contributed by atoms with E-state index in [1.807, 2.05) is 6.07 Å². The van der Waals surface area contributed by atoms with Gasteiger partial charge < -0.3 is 9.64 Å². The zero-order chi connectivity index (χ0) is 24.0. The lowest BCUT2D eigenvalue weighted by Gasteiger charge is -2.21. The van der Waals surface area contributed by atoms with Gasteiger partial charge in [0.15, 0.2) is 9.84 Å². The van der Waals surface area contributed by atoms with Crippen LogP contribution in [0.25, 0.3) is 6.08 Å². The third-order valence-electron chi connectivity index (χ3n) is 4.75. The molecule has 6 nitrogen and oxygen atoms in total. The van der Waals surface area contributed by atoms with Gasteiger partial charge in [0.05, 0.1) is 10.5 Å². The Morgan fingerprint density at radius 3 is 2.45 bits per heavy atom. The van der Waals surface area contributed by atoms with E-state index in [2.05, 4.69) is 0 Å². The van der Waals surface area contributed by atoms with Gasteiger partial charge in [-0.2, -0.15) is 9.65 Å². The number of sulfone groups is 1. The van der Waals surface area contributed by atoms with Crippen molar-refractivity contribution < 1.29 is 22.3 Å². The smallest absolute Gasteiger partial charge is 0.317 e. The molecule has 0 saturated heterocycles. The molecule has 0 fully saturated rings. The Morgan fingerprint density at radius 1 is 1.09 bits per heavy atom. The first-order valence-electron chi connectivity index (χ1n) is 9.88. The third kappa shape index (κ3) is 5.84. The van der Waals surface area contributed by atoms with Gasteiger partial charge in [-0.1, -0.05) is 36.4 Å². The highest BCUT2D eigenvalue weighted by atomic mass is 32.2. The van der Waals surface area contributed by atoms with Gasteiger partial charge >= 0.3 is 12.3 Å². The minimum absolute atomic E-state index is 0.0340. The van der Waals surface area contributed by atoms with Crippen molar-refractivity contribution in [3.8, 4) is 11.8 Å². The second-order valence-corrected chi connectivity index (χ2v) is 9.04. The van der Waals surface area contributed by atoms with Crippen molar-refractivity contribution in [2.45, 2.75) is 18.2 Å². The number of carbonyl (C=O) groups excluding carboxylic acids is 1. The van der Waals surface area contributed by atoms with E-state index in [9.17, 15) is 17.6 Å². The van der Waals surface area contributed by atoms with Crippen LogP contribution in [-0.2, 0) is 14.6 Å². The third-order valence-corrected chi connectivity index (χ3v) is 6.17. The van der Waals surface area contributed by atoms with Crippen molar-refractivity contribution in [2.75, 3.05) is 11.9 Å². The molecule has 0 radical (unpaired) electrons. The van der Waals surface area contributed by atoms with Crippen LogP contribution in [-0.4, -0.2) is 27.7 Å². The van der Waals surface area contributed by atoms with Crippen LogP contribution in [0.15, 0.2) is 83.1 Å². The average molecular weight is 465 g/mol. The van der Waals surface area contributed by atoms with Crippen LogP contribution in [0.2, 0.25) is 0 Å². The van der Waals surface area contributed by atoms with E-state index in [1.54, 1.807) is 55.5 Å². The minimum Gasteiger partial charge on any atom is -0.450 e. The predicted octanol–water partition coefficient (Wildman–Crippen LogP) is 4.65. The fourth-order valence-electron chi connectivity index (χ4n) is 3.04. The van der Waals surface area contributed by atoms with E-state index in [-0.39, 0.29) is 16.2 Å². The molecular formula is C25H21FN2O4S. The van der Waals surface area contributed by atoms with E-state index in [0.29, 0.717) is 11.3 Å². The summed E-state index contributed by atoms with van der Waals surface area (Å²) in [6, 6.07) is 20.9. The van der Waals surface area contributed by atoms with Gasteiger partial charge in [-0.05, 0) is 60.5 Å². The van der Waals surface area contributed by atoms with Crippen molar-refractivity contribution in [3.05, 3.63) is 94.9 Å². The number of benzene rings is 3. The number of halogens is 1. The molecule has 168 valence electrons. The Hall–Kier alpha value is -3.96. The summed E-state index contributed by atoms with van der Waals surface area (Å²) in [4.78, 5) is 13.8. The monoisotopic (exact) mass is 464 g/mol. The fraction of sp³-hybridized carbons (Fsp3) is 0.120. The first kappa shape index (κ1) is 23.7. The van der Waals surface area contributed by atoms with Gasteiger partial charge in [-0.25, -0.2) is 8.42 Å². The van der Waals surface area contributed by atoms with Crippen LogP contribution in [0.3, 0.4) is 0 Å². The maximum absolute atomic E-state index is 14.6. The van der Waals surface area contributed by atoms with Crippen LogP contribution in [0.4, 0.5) is 10.1 Å². The quantitative estimate of drug-likeness (QED) is 0.508. The molecule has 33 heavy (non-hydrogen) atoms. The van der Waals surface area contributed by atoms with E-state index >= 15 is 0 Å². The Labute approximate surface area is 192 Å². The number of alkyl halides is 1. The van der Waals surface area contributed by atoms with E-state index in [1.165, 1.54) is 37.4 Å². The maximum atomic E-state index is 14.6. The van der Waals surface area contributed by atoms with Gasteiger partial charge in [-0.3, -0.25) is 4.79 Å². The predicted molar refractivity (Wildman–Crippen MR) is 124 cm³/mol. The van der Waals surface area contributed by atoms with Gasteiger partial charge in [0.2, 0.25) is 0 Å². The molecule has 1 unspecified atom stereocenters. The number of ether oxygens (including phenoxy) is 1. The van der Waals surface area contributed by atoms with Crippen LogP contribution in [0.1, 0.15) is 16.7 Å². The molecule has 0 spiro atoms. The molecule has 0 aliphatic carbocycles. The molecular weight excluding hydrogens is 443 g/mol. The highest BCUT2D eigenvalue weighted by Crippen LogP contribution is 2.23. The summed E-state index contributed by atoms with van der Waals surface area (Å²) in [7, 11) is -2.26. The SMILES string of the molecule is Cc1cc(/C=C/S(=O)(=O)c2ccccc2)cc(N(C)C(=O)C(F)Oc2ccccc2C#N)c1. The van der Waals surface area contributed by atoms with E-state index in [4.69, 9.17) is 10.00 Å². The fourth-order valence-corrected chi connectivity index (χ4v) is 4.07. The molecule has 1 amide bonds. The largest absolute Gasteiger partial charge is 0.450 e. The summed E-state index contributed by atoms with van der Waals surface area (Å²) in [6.45, 7) is 1.78. The average Bonchev–Trinajstić information content (AvgIpc) is 2.82. The molecule has 3 rings (SSSR count). The van der Waals surface area contributed by atoms with Gasteiger partial charge in [0, 0.05) is 18.1 Å². The summed E-state index contributed by atoms with van der Waals surface area (Å²) in [5, 5.41) is 10.2. The molecule has 0 heterocycles. The molecule has 0 N–H and O–H groups in total. The van der Waals surface area contributed by atoms with Crippen molar-refractivity contribution in [1.29, 1.82) is 5.26 Å². The lowest BCUT2D eigenvalue weighted by Crippen LogP contribution is -2.37. The molecule has 3 aromatic rings. The number of likely N-dealkylation sites (N-methyl/N-ethyl adjacent to an activating group) is 1. The van der Waals surface area contributed by atoms with Gasteiger partial charge in [0.1, 0.15) is 11.8 Å². The van der Waals surface area contributed by atoms with Crippen LogP contribution >= 0.6 is 0 Å². The first-order valence-corrected chi connectivity index (χ1v) is 11.4. The second-order valence-electron chi connectivity index (χ2n) is 7.20. The van der Waals surface area contributed by atoms with E-state index < -0.39 is 22.1 Å². The van der Waals surface area contributed by atoms with Crippen LogP contribution in [0.5, 0.6) is 5.75 Å². The number of hydrogen-bond donors (Lipinski definition) is 0. The maximum Gasteiger partial charge on any atom is 0.317 e. The number of nitriles is 1. The number of hydrogen-bond acceptors (Lipinski definition) is 5. The molecule has 0 bridgehead atoms. The molecule has 0 aliphatic heterocycles. The number of nitrogens with zero attached hydrogens (tertiary/aromatic N) is 2. The summed E-state index contributed by atoms with van der Waals surface area (Å²) >= 11 is 0. The second kappa shape index (κ2) is 10.1. The van der Waals surface area contributed by atoms with E-state index in [0.717, 1.165) is 15.9 Å². The van der Waals surface area contributed by atoms with Crippen LogP contribution in [0, 0.1) is 18.3 Å². The minimum atomic E-state index is -3.64. The topological polar surface area (TPSA) is 87.5 Å². The van der Waals surface area contributed by atoms with Gasteiger partial charge in [0.25, 0.3) is 0 Å². The number of amides is 1. The zero-order valence-electron chi connectivity index (χ0n) is 18.0. The highest BCUT2D eigenvalue weighted by Gasteiger charge is 2.25. The summed E-state index contributed by atoms with van der Waals surface area (Å²) in [6.07, 6.45) is -0.911. The normalized spacial score (nSPS) is 12.2. The Kier molecular flexibility index (Phi) is 7.26. The first-order chi connectivity index (χ1) is 15.7. The number of para-hydroxylation sites is 1. The van der Waals surface area contributed by atoms with Gasteiger partial charge in [-0.15, -0.1) is 0 Å². The summed E-state index contributed by atoms with van der Waals surface area (Å²) < 4.78 is 44.7. The summed E-state index contributed by atoms with van der Waals surface area (Å²) in [5.74, 6) is -1.01. The Bertz CT molecular complexity index is 1330. The standard InChI is InChI=1S/C25H21FN2O4S/c1-18-14-19(12-13-33(30,31)22-9-4-3-5-10-22)16-21(15-18)28(2)25(29)24(26)32-23-11-7-6-8-20(23)17-27/h3-16,24H,1-2H3/b13-12+.